The minimum absolute atomic E-state index is 0.0419. The van der Waals surface area contributed by atoms with Gasteiger partial charge in [0.25, 0.3) is 11.5 Å². The minimum Gasteiger partial charge on any atom is -0.497 e. The van der Waals surface area contributed by atoms with Crippen LogP contribution >= 0.6 is 0 Å². The molecule has 5 rings (SSSR count). The molecule has 0 spiro atoms. The van der Waals surface area contributed by atoms with Crippen LogP contribution in [0.1, 0.15) is 22.3 Å². The second-order valence-electron chi connectivity index (χ2n) is 8.47. The lowest BCUT2D eigenvalue weighted by Crippen LogP contribution is -2.33. The normalized spacial score (nSPS) is 12.3. The average molecular weight is 516 g/mol. The fraction of sp³-hybridized carbons (Fsp3) is 0.0714. The summed E-state index contributed by atoms with van der Waals surface area (Å²) in [6.45, 7) is 1.78. The summed E-state index contributed by atoms with van der Waals surface area (Å²) in [5.74, 6) is -0.739. The lowest BCUT2D eigenvalue weighted by atomic mass is 9.96. The molecule has 2 aromatic heterocycles. The van der Waals surface area contributed by atoms with Crippen LogP contribution < -0.4 is 26.5 Å². The number of fused-ring (bicyclic) bond motifs is 2. The van der Waals surface area contributed by atoms with Gasteiger partial charge < -0.3 is 14.5 Å². The van der Waals surface area contributed by atoms with Crippen molar-refractivity contribution in [3.05, 3.63) is 97.1 Å². The van der Waals surface area contributed by atoms with E-state index in [1.165, 1.54) is 7.11 Å². The number of methoxy groups -OCH3 is 1. The van der Waals surface area contributed by atoms with Crippen LogP contribution in [0.15, 0.2) is 68.3 Å². The van der Waals surface area contributed by atoms with E-state index in [4.69, 9.17) is 9.15 Å². The number of hydrogen-bond donors (Lipinski definition) is 2. The Labute approximate surface area is 220 Å². The van der Waals surface area contributed by atoms with Crippen LogP contribution in [0.2, 0.25) is 0 Å². The maximum atomic E-state index is 13.6. The van der Waals surface area contributed by atoms with Gasteiger partial charge in [0, 0.05) is 11.1 Å². The van der Waals surface area contributed by atoms with Crippen LogP contribution in [0.25, 0.3) is 27.8 Å². The van der Waals surface area contributed by atoms with E-state index in [-0.39, 0.29) is 44.7 Å². The molecule has 0 radical (unpaired) electrons. The van der Waals surface area contributed by atoms with Gasteiger partial charge in [-0.25, -0.2) is 4.68 Å². The van der Waals surface area contributed by atoms with Crippen LogP contribution in [0, 0.1) is 40.9 Å². The Morgan fingerprint density at radius 2 is 1.67 bits per heavy atom. The highest BCUT2D eigenvalue weighted by atomic mass is 16.5. The molecule has 1 amide bonds. The molecule has 2 N–H and O–H groups in total. The number of nitrogens with zero attached hydrogens (tertiary/aromatic N) is 4. The van der Waals surface area contributed by atoms with Gasteiger partial charge in [-0.3, -0.25) is 19.8 Å². The number of anilines is 1. The number of carbonyl (C=O) groups is 1. The molecule has 39 heavy (non-hydrogen) atoms. The molecule has 0 saturated carbocycles. The van der Waals surface area contributed by atoms with Gasteiger partial charge in [0.15, 0.2) is 5.82 Å². The molecule has 1 aliphatic rings. The highest BCUT2D eigenvalue weighted by Crippen LogP contribution is 2.32. The largest absolute Gasteiger partial charge is 0.497 e. The minimum atomic E-state index is -0.962. The van der Waals surface area contributed by atoms with Gasteiger partial charge in [-0.1, -0.05) is 11.6 Å². The van der Waals surface area contributed by atoms with Gasteiger partial charge >= 0.3 is 0 Å². The smallest absolute Gasteiger partial charge is 0.289 e. The first-order valence-corrected chi connectivity index (χ1v) is 11.4. The van der Waals surface area contributed by atoms with Crippen LogP contribution in [0.5, 0.6) is 5.75 Å². The SMILES string of the molecule is COc1ccc(C2=C(C#N)C(=O)Nc3c(C#N)c(-c4coc5ccc(C)cc5c4=O)c(C#N)c(=O)n3N2)cc1. The van der Waals surface area contributed by atoms with Crippen molar-refractivity contribution in [1.82, 2.24) is 4.68 Å². The quantitative estimate of drug-likeness (QED) is 0.414. The van der Waals surface area contributed by atoms with E-state index in [0.29, 0.717) is 11.3 Å². The third-order valence-electron chi connectivity index (χ3n) is 6.22. The van der Waals surface area contributed by atoms with Gasteiger partial charge in [-0.05, 0) is 43.3 Å². The van der Waals surface area contributed by atoms with E-state index in [0.717, 1.165) is 16.5 Å². The molecule has 4 aromatic rings. The topological polar surface area (TPSA) is 174 Å². The first kappa shape index (κ1) is 24.6. The molecule has 188 valence electrons. The summed E-state index contributed by atoms with van der Waals surface area (Å²) in [6, 6.07) is 16.8. The Morgan fingerprint density at radius 1 is 0.949 bits per heavy atom. The molecule has 0 atom stereocenters. The molecule has 1 aliphatic heterocycles. The van der Waals surface area contributed by atoms with Crippen LogP contribution in [-0.4, -0.2) is 17.7 Å². The number of benzene rings is 2. The van der Waals surface area contributed by atoms with Gasteiger partial charge in [-0.2, -0.15) is 15.8 Å². The predicted octanol–water partition coefficient (Wildman–Crippen LogP) is 3.11. The number of nitriles is 3. The van der Waals surface area contributed by atoms with Crippen LogP contribution in [0.3, 0.4) is 0 Å². The monoisotopic (exact) mass is 516 g/mol. The fourth-order valence-corrected chi connectivity index (χ4v) is 4.32. The van der Waals surface area contributed by atoms with E-state index in [1.807, 2.05) is 12.1 Å². The lowest BCUT2D eigenvalue weighted by Gasteiger charge is -2.18. The van der Waals surface area contributed by atoms with Crippen molar-refractivity contribution in [2.75, 3.05) is 17.9 Å². The molecule has 2 aromatic carbocycles. The fourth-order valence-electron chi connectivity index (χ4n) is 4.32. The lowest BCUT2D eigenvalue weighted by molar-refractivity contribution is -0.112. The molecule has 0 saturated heterocycles. The standard InChI is InChI=1S/C28H16N6O5/c1-14-3-8-22-17(9-14)25(35)21(13-39-22)23-18(10-29)26-32-27(36)20(12-31)24(15-4-6-16(38-2)7-5-15)33-34(26)28(37)19(23)11-30/h3-9,13,33H,1-2H3,(H,32,36). The number of rotatable bonds is 3. The maximum Gasteiger partial charge on any atom is 0.289 e. The van der Waals surface area contributed by atoms with Crippen molar-refractivity contribution < 1.29 is 13.9 Å². The van der Waals surface area contributed by atoms with Crippen LogP contribution in [0.4, 0.5) is 5.82 Å². The number of aryl methyl sites for hydroxylation is 1. The third kappa shape index (κ3) is 3.86. The molecule has 0 unspecified atom stereocenters. The first-order valence-electron chi connectivity index (χ1n) is 11.4. The molecule has 0 bridgehead atoms. The van der Waals surface area contributed by atoms with Crippen molar-refractivity contribution in [2.45, 2.75) is 6.92 Å². The van der Waals surface area contributed by atoms with Crippen molar-refractivity contribution in [3.8, 4) is 35.1 Å². The summed E-state index contributed by atoms with van der Waals surface area (Å²) in [4.78, 5) is 40.2. The van der Waals surface area contributed by atoms with E-state index in [9.17, 15) is 30.2 Å². The second-order valence-corrected chi connectivity index (χ2v) is 8.47. The zero-order valence-corrected chi connectivity index (χ0v) is 20.4. The summed E-state index contributed by atoms with van der Waals surface area (Å²) < 4.78 is 11.5. The molecule has 0 aliphatic carbocycles. The number of nitrogens with one attached hydrogen (secondary N) is 2. The second kappa shape index (κ2) is 9.40. The highest BCUT2D eigenvalue weighted by molar-refractivity contribution is 6.14. The van der Waals surface area contributed by atoms with E-state index in [1.54, 1.807) is 55.5 Å². The Balaban J connectivity index is 1.81. The van der Waals surface area contributed by atoms with Gasteiger partial charge in [0.2, 0.25) is 5.43 Å². The Bertz CT molecular complexity index is 2000. The number of pyridine rings is 1. The summed E-state index contributed by atoms with van der Waals surface area (Å²) in [7, 11) is 1.48. The average Bonchev–Trinajstić information content (AvgIpc) is 3.09. The molecule has 11 heteroatoms. The predicted molar refractivity (Wildman–Crippen MR) is 140 cm³/mol. The Morgan fingerprint density at radius 3 is 2.31 bits per heavy atom. The zero-order chi connectivity index (χ0) is 27.8. The van der Waals surface area contributed by atoms with E-state index in [2.05, 4.69) is 10.7 Å². The Kier molecular flexibility index (Phi) is 5.92. The number of ether oxygens (including phenoxy) is 1. The molecule has 3 heterocycles. The van der Waals surface area contributed by atoms with Crippen molar-refractivity contribution >= 4 is 28.4 Å². The molecule has 0 fully saturated rings. The van der Waals surface area contributed by atoms with Crippen molar-refractivity contribution in [1.29, 1.82) is 15.8 Å². The molecular weight excluding hydrogens is 500 g/mol. The highest BCUT2D eigenvalue weighted by Gasteiger charge is 2.31. The summed E-state index contributed by atoms with van der Waals surface area (Å²) >= 11 is 0. The summed E-state index contributed by atoms with van der Waals surface area (Å²) in [6.07, 6.45) is 1.07. The van der Waals surface area contributed by atoms with Gasteiger partial charge in [0.05, 0.1) is 23.8 Å². The molecular formula is C28H16N6O5. The third-order valence-corrected chi connectivity index (χ3v) is 6.22. The molecule has 11 nitrogen and oxygen atoms in total. The Hall–Kier alpha value is -6.12. The van der Waals surface area contributed by atoms with Gasteiger partial charge in [-0.15, -0.1) is 0 Å². The van der Waals surface area contributed by atoms with E-state index < -0.39 is 22.5 Å². The van der Waals surface area contributed by atoms with Gasteiger partial charge in [0.1, 0.15) is 52.5 Å². The summed E-state index contributed by atoms with van der Waals surface area (Å²) in [5, 5.41) is 32.6. The number of carbonyl (C=O) groups excluding carboxylic acids is 1. The maximum absolute atomic E-state index is 13.6. The summed E-state index contributed by atoms with van der Waals surface area (Å²) in [5.41, 5.74) is 0.797. The van der Waals surface area contributed by atoms with Crippen molar-refractivity contribution in [2.24, 2.45) is 0 Å². The van der Waals surface area contributed by atoms with Crippen molar-refractivity contribution in [3.63, 3.8) is 0 Å². The van der Waals surface area contributed by atoms with Crippen LogP contribution in [-0.2, 0) is 4.79 Å². The number of amides is 1. The zero-order valence-electron chi connectivity index (χ0n) is 20.4. The number of hydrogen-bond acceptors (Lipinski definition) is 9. The number of aromatic nitrogens is 1. The van der Waals surface area contributed by atoms with E-state index >= 15 is 0 Å². The first-order chi connectivity index (χ1) is 18.8.